The smallest absolute Gasteiger partial charge is 0.262 e. The molecule has 0 unspecified atom stereocenters. The van der Waals surface area contributed by atoms with Crippen LogP contribution in [0.5, 0.6) is 11.6 Å². The van der Waals surface area contributed by atoms with E-state index in [-0.39, 0.29) is 16.4 Å². The Kier molecular flexibility index (Phi) is 5.83. The van der Waals surface area contributed by atoms with Gasteiger partial charge < -0.3 is 19.6 Å². The molecular formula is C19H24BN5O4S. The third-order valence-electron chi connectivity index (χ3n) is 5.30. The van der Waals surface area contributed by atoms with Gasteiger partial charge in [-0.05, 0) is 57.8 Å². The van der Waals surface area contributed by atoms with Crippen LogP contribution in [0.1, 0.15) is 31.4 Å². The summed E-state index contributed by atoms with van der Waals surface area (Å²) in [5.41, 5.74) is 1.18. The van der Waals surface area contributed by atoms with Crippen molar-refractivity contribution in [3.63, 3.8) is 0 Å². The maximum absolute atomic E-state index is 12.4. The molecule has 0 aromatic carbocycles. The van der Waals surface area contributed by atoms with Crippen LogP contribution < -0.4 is 14.8 Å². The molecule has 1 aliphatic heterocycles. The molecule has 0 amide bonds. The molecule has 3 heterocycles. The molecule has 30 heavy (non-hydrogen) atoms. The van der Waals surface area contributed by atoms with E-state index < -0.39 is 9.84 Å². The molecule has 158 valence electrons. The van der Waals surface area contributed by atoms with Crippen molar-refractivity contribution < 1.29 is 17.9 Å². The molecule has 4 rings (SSSR count). The number of rotatable bonds is 7. The Hall–Kier alpha value is -2.40. The number of ether oxygens (including phenoxy) is 2. The number of nitrogens with one attached hydrogen (secondary N) is 1. The number of nitrogens with zero attached hydrogens (tertiary/aromatic N) is 4. The number of aromatic nitrogens is 3. The van der Waals surface area contributed by atoms with Crippen molar-refractivity contribution in [1.29, 1.82) is 0 Å². The van der Waals surface area contributed by atoms with Crippen molar-refractivity contribution in [2.24, 2.45) is 0 Å². The zero-order chi connectivity index (χ0) is 21.3. The van der Waals surface area contributed by atoms with E-state index in [4.69, 9.17) is 17.5 Å². The molecule has 2 fully saturated rings. The van der Waals surface area contributed by atoms with Crippen LogP contribution in [0, 0.1) is 6.92 Å². The fourth-order valence-electron chi connectivity index (χ4n) is 3.37. The number of hydrogen-bond acceptors (Lipinski definition) is 9. The summed E-state index contributed by atoms with van der Waals surface area (Å²) >= 11 is 0. The summed E-state index contributed by atoms with van der Waals surface area (Å²) in [6.45, 7) is 3.26. The lowest BCUT2D eigenvalue weighted by atomic mass is 10.1. The topological polar surface area (TPSA) is 107 Å². The van der Waals surface area contributed by atoms with Gasteiger partial charge in [0.2, 0.25) is 5.75 Å². The number of anilines is 2. The number of methoxy groups -OCH3 is 1. The van der Waals surface area contributed by atoms with Crippen molar-refractivity contribution in [2.45, 2.75) is 49.0 Å². The summed E-state index contributed by atoms with van der Waals surface area (Å²) in [6.07, 6.45) is 4.39. The number of pyridine rings is 1. The predicted molar refractivity (Wildman–Crippen MR) is 112 cm³/mol. The number of piperidine rings is 1. The van der Waals surface area contributed by atoms with Crippen LogP contribution in [0.4, 0.5) is 11.5 Å². The van der Waals surface area contributed by atoms with E-state index in [1.165, 1.54) is 19.5 Å². The molecule has 0 bridgehead atoms. The van der Waals surface area contributed by atoms with Crippen LogP contribution in [-0.4, -0.2) is 67.7 Å². The van der Waals surface area contributed by atoms with Crippen molar-refractivity contribution >= 4 is 29.3 Å². The van der Waals surface area contributed by atoms with Crippen molar-refractivity contribution in [1.82, 2.24) is 19.8 Å². The van der Waals surface area contributed by atoms with Gasteiger partial charge in [-0.25, -0.2) is 18.4 Å². The highest BCUT2D eigenvalue weighted by Crippen LogP contribution is 2.36. The van der Waals surface area contributed by atoms with Gasteiger partial charge in [0.1, 0.15) is 12.4 Å². The average molecular weight is 429 g/mol. The largest absolute Gasteiger partial charge is 0.489 e. The van der Waals surface area contributed by atoms with Crippen LogP contribution in [0.3, 0.4) is 0 Å². The summed E-state index contributed by atoms with van der Waals surface area (Å²) in [6, 6.07) is 3.21. The molecule has 2 radical (unpaired) electrons. The van der Waals surface area contributed by atoms with Crippen LogP contribution in [0.2, 0.25) is 0 Å². The zero-order valence-electron chi connectivity index (χ0n) is 17.0. The molecule has 0 spiro atoms. The maximum Gasteiger partial charge on any atom is 0.262 e. The normalized spacial score (nSPS) is 18.2. The molecule has 2 aromatic rings. The third kappa shape index (κ3) is 4.36. The Bertz CT molecular complexity index is 1020. The van der Waals surface area contributed by atoms with Gasteiger partial charge in [-0.2, -0.15) is 4.98 Å². The van der Waals surface area contributed by atoms with E-state index in [1.807, 2.05) is 0 Å². The van der Waals surface area contributed by atoms with Gasteiger partial charge in [0.05, 0.1) is 23.7 Å². The molecule has 11 heteroatoms. The third-order valence-corrected chi connectivity index (χ3v) is 7.46. The van der Waals surface area contributed by atoms with E-state index in [0.29, 0.717) is 41.7 Å². The van der Waals surface area contributed by atoms with E-state index in [1.54, 1.807) is 17.8 Å². The molecule has 2 aromatic heterocycles. The van der Waals surface area contributed by atoms with Gasteiger partial charge in [0, 0.05) is 0 Å². The number of hydrogen-bond donors (Lipinski definition) is 1. The maximum atomic E-state index is 12.4. The van der Waals surface area contributed by atoms with E-state index in [0.717, 1.165) is 25.9 Å². The Labute approximate surface area is 177 Å². The molecule has 1 saturated carbocycles. The molecule has 9 nitrogen and oxygen atoms in total. The SMILES string of the molecule is [B]N1CCC(Oc2ncnc(Nc3ccc(S(=O)(=O)C4CC4)nc3C)c2OC)CC1. The van der Waals surface area contributed by atoms with Crippen LogP contribution in [-0.2, 0) is 9.84 Å². The van der Waals surface area contributed by atoms with Crippen LogP contribution in [0.15, 0.2) is 23.5 Å². The number of aryl methyl sites for hydroxylation is 1. The Morgan fingerprint density at radius 3 is 2.53 bits per heavy atom. The highest BCUT2D eigenvalue weighted by atomic mass is 32.2. The summed E-state index contributed by atoms with van der Waals surface area (Å²) < 4.78 is 36.4. The fourth-order valence-corrected chi connectivity index (χ4v) is 4.99. The highest BCUT2D eigenvalue weighted by molar-refractivity contribution is 7.92. The van der Waals surface area contributed by atoms with Gasteiger partial charge >= 0.3 is 0 Å². The number of sulfone groups is 1. The van der Waals surface area contributed by atoms with Gasteiger partial charge in [-0.1, -0.05) is 0 Å². The van der Waals surface area contributed by atoms with E-state index in [2.05, 4.69) is 20.3 Å². The zero-order valence-corrected chi connectivity index (χ0v) is 17.9. The predicted octanol–water partition coefficient (Wildman–Crippen LogP) is 1.80. The fraction of sp³-hybridized carbons (Fsp3) is 0.526. The van der Waals surface area contributed by atoms with Crippen molar-refractivity contribution in [3.8, 4) is 11.6 Å². The van der Waals surface area contributed by atoms with E-state index in [9.17, 15) is 8.42 Å². The monoisotopic (exact) mass is 429 g/mol. The molecule has 2 aliphatic rings. The minimum atomic E-state index is -3.34. The van der Waals surface area contributed by atoms with Crippen LogP contribution >= 0.6 is 0 Å². The summed E-state index contributed by atoms with van der Waals surface area (Å²) in [4.78, 5) is 14.6. The second-order valence-electron chi connectivity index (χ2n) is 7.57. The van der Waals surface area contributed by atoms with Gasteiger partial charge in [0.15, 0.2) is 28.7 Å². The quantitative estimate of drug-likeness (QED) is 0.660. The molecule has 1 N–H and O–H groups in total. The Morgan fingerprint density at radius 1 is 1.17 bits per heavy atom. The first-order valence-corrected chi connectivity index (χ1v) is 11.5. The lowest BCUT2D eigenvalue weighted by molar-refractivity contribution is 0.126. The standard InChI is InChI=1S/C19H24BN5O4S/c1-12-15(5-6-16(23-12)30(26,27)14-3-4-14)24-18-17(28-2)19(22-11-21-18)29-13-7-9-25(20)10-8-13/h5-6,11,13-14H,3-4,7-10H2,1-2H3,(H,21,22,24). The molecule has 1 saturated heterocycles. The van der Waals surface area contributed by atoms with Gasteiger partial charge in [0.25, 0.3) is 5.88 Å². The minimum absolute atomic E-state index is 0.00299. The van der Waals surface area contributed by atoms with Gasteiger partial charge in [-0.3, -0.25) is 0 Å². The second-order valence-corrected chi connectivity index (χ2v) is 9.74. The lowest BCUT2D eigenvalue weighted by Gasteiger charge is -2.29. The van der Waals surface area contributed by atoms with E-state index >= 15 is 0 Å². The lowest BCUT2D eigenvalue weighted by Crippen LogP contribution is -2.36. The average Bonchev–Trinajstić information content (AvgIpc) is 3.57. The van der Waals surface area contributed by atoms with Crippen molar-refractivity contribution in [3.05, 3.63) is 24.2 Å². The highest BCUT2D eigenvalue weighted by Gasteiger charge is 2.38. The molecule has 1 aliphatic carbocycles. The Balaban J connectivity index is 1.54. The first-order valence-electron chi connectivity index (χ1n) is 9.92. The first-order chi connectivity index (χ1) is 14.4. The second kappa shape index (κ2) is 8.39. The summed E-state index contributed by atoms with van der Waals surface area (Å²) in [7, 11) is 3.99. The minimum Gasteiger partial charge on any atom is -0.489 e. The van der Waals surface area contributed by atoms with Crippen LogP contribution in [0.25, 0.3) is 0 Å². The molecule has 0 atom stereocenters. The van der Waals surface area contributed by atoms with Crippen molar-refractivity contribution in [2.75, 3.05) is 25.5 Å². The van der Waals surface area contributed by atoms with Gasteiger partial charge in [-0.15, -0.1) is 0 Å². The summed E-state index contributed by atoms with van der Waals surface area (Å²) in [5, 5.41) is 2.97. The Morgan fingerprint density at radius 2 is 1.90 bits per heavy atom. The first kappa shape index (κ1) is 20.9. The molecular weight excluding hydrogens is 405 g/mol. The summed E-state index contributed by atoms with van der Waals surface area (Å²) in [5.74, 6) is 1.15.